The smallest absolute Gasteiger partial charge is 0.322 e. The molecule has 35 heavy (non-hydrogen) atoms. The minimum Gasteiger partial charge on any atom is -0.407 e. The molecule has 0 aliphatic heterocycles. The van der Waals surface area contributed by atoms with Gasteiger partial charge < -0.3 is 4.42 Å². The largest absolute Gasteiger partial charge is 0.407 e. The zero-order valence-corrected chi connectivity index (χ0v) is 20.5. The molecule has 0 bridgehead atoms. The van der Waals surface area contributed by atoms with Crippen molar-refractivity contribution in [1.29, 1.82) is 0 Å². The Morgan fingerprint density at radius 1 is 0.971 bits per heavy atom. The van der Waals surface area contributed by atoms with Gasteiger partial charge in [0.15, 0.2) is 0 Å². The molecule has 0 saturated heterocycles. The number of aromatic nitrogens is 2. The molecule has 1 amide bonds. The zero-order chi connectivity index (χ0) is 25.0. The summed E-state index contributed by atoms with van der Waals surface area (Å²) in [6, 6.07) is 21.1. The van der Waals surface area contributed by atoms with E-state index in [4.69, 9.17) is 4.42 Å². The van der Waals surface area contributed by atoms with Crippen LogP contribution in [-0.4, -0.2) is 35.9 Å². The first kappa shape index (κ1) is 24.3. The SMILES string of the molecule is Cc1ccc(Cc2nnc(NC(=O)c3ccc(S(=O)(=O)N(C)Cc4ccccc4)cc3)o2)c(C)c1. The van der Waals surface area contributed by atoms with Crippen LogP contribution in [0.1, 0.15) is 38.5 Å². The number of carbonyl (C=O) groups excluding carboxylic acids is 1. The van der Waals surface area contributed by atoms with Gasteiger partial charge in [0.25, 0.3) is 5.91 Å². The fraction of sp³-hybridized carbons (Fsp3) is 0.192. The maximum Gasteiger partial charge on any atom is 0.322 e. The van der Waals surface area contributed by atoms with Crippen LogP contribution in [0.5, 0.6) is 0 Å². The molecule has 0 aliphatic rings. The Hall–Kier alpha value is -3.82. The third-order valence-electron chi connectivity index (χ3n) is 5.60. The van der Waals surface area contributed by atoms with Crippen molar-refractivity contribution in [3.8, 4) is 0 Å². The van der Waals surface area contributed by atoms with E-state index in [2.05, 4.69) is 21.6 Å². The normalized spacial score (nSPS) is 11.5. The van der Waals surface area contributed by atoms with Crippen LogP contribution in [0.4, 0.5) is 6.01 Å². The molecule has 1 aromatic heterocycles. The Morgan fingerprint density at radius 2 is 1.69 bits per heavy atom. The van der Waals surface area contributed by atoms with Gasteiger partial charge in [-0.15, -0.1) is 5.10 Å². The first-order valence-electron chi connectivity index (χ1n) is 11.0. The van der Waals surface area contributed by atoms with E-state index in [0.29, 0.717) is 12.3 Å². The molecule has 0 radical (unpaired) electrons. The summed E-state index contributed by atoms with van der Waals surface area (Å²) in [5.74, 6) is -0.0940. The number of carbonyl (C=O) groups is 1. The molecule has 1 heterocycles. The molecule has 0 aliphatic carbocycles. The standard InChI is InChI=1S/C26H26N4O4S/c1-18-9-10-22(19(2)15-18)16-24-28-29-26(34-24)27-25(31)21-11-13-23(14-12-21)35(32,33)30(3)17-20-7-5-4-6-8-20/h4-15H,16-17H2,1-3H3,(H,27,29,31). The number of benzene rings is 3. The topological polar surface area (TPSA) is 105 Å². The molecule has 0 atom stereocenters. The molecule has 180 valence electrons. The number of rotatable bonds is 8. The van der Waals surface area contributed by atoms with Crippen molar-refractivity contribution in [3.63, 3.8) is 0 Å². The maximum absolute atomic E-state index is 12.9. The quantitative estimate of drug-likeness (QED) is 0.394. The molecule has 0 spiro atoms. The summed E-state index contributed by atoms with van der Waals surface area (Å²) in [7, 11) is -2.19. The summed E-state index contributed by atoms with van der Waals surface area (Å²) in [6.45, 7) is 4.29. The van der Waals surface area contributed by atoms with E-state index in [1.54, 1.807) is 0 Å². The van der Waals surface area contributed by atoms with Gasteiger partial charge in [0, 0.05) is 19.2 Å². The van der Waals surface area contributed by atoms with E-state index in [1.807, 2.05) is 56.3 Å². The van der Waals surface area contributed by atoms with Crippen LogP contribution in [0.15, 0.2) is 82.1 Å². The lowest BCUT2D eigenvalue weighted by Gasteiger charge is -2.17. The zero-order valence-electron chi connectivity index (χ0n) is 19.7. The van der Waals surface area contributed by atoms with Crippen LogP contribution in [0.3, 0.4) is 0 Å². The van der Waals surface area contributed by atoms with Gasteiger partial charge in [-0.3, -0.25) is 10.1 Å². The van der Waals surface area contributed by atoms with E-state index in [0.717, 1.165) is 16.7 Å². The highest BCUT2D eigenvalue weighted by Crippen LogP contribution is 2.19. The van der Waals surface area contributed by atoms with E-state index in [-0.39, 0.29) is 23.0 Å². The van der Waals surface area contributed by atoms with Crippen molar-refractivity contribution >= 4 is 21.9 Å². The Morgan fingerprint density at radius 3 is 2.37 bits per heavy atom. The summed E-state index contributed by atoms with van der Waals surface area (Å²) in [5, 5.41) is 10.5. The number of nitrogens with one attached hydrogen (secondary N) is 1. The minimum atomic E-state index is -3.71. The van der Waals surface area contributed by atoms with Crippen LogP contribution < -0.4 is 5.32 Å². The fourth-order valence-corrected chi connectivity index (χ4v) is 4.79. The Balaban J connectivity index is 1.40. The number of nitrogens with zero attached hydrogens (tertiary/aromatic N) is 3. The van der Waals surface area contributed by atoms with Crippen molar-refractivity contribution < 1.29 is 17.6 Å². The molecule has 0 saturated carbocycles. The summed E-state index contributed by atoms with van der Waals surface area (Å²) < 4.78 is 32.6. The molecule has 4 rings (SSSR count). The second kappa shape index (κ2) is 10.2. The highest BCUT2D eigenvalue weighted by molar-refractivity contribution is 7.89. The molecular weight excluding hydrogens is 464 g/mol. The predicted octanol–water partition coefficient (Wildman–Crippen LogP) is 4.35. The molecule has 8 nitrogen and oxygen atoms in total. The maximum atomic E-state index is 12.9. The number of sulfonamides is 1. The van der Waals surface area contributed by atoms with Crippen LogP contribution in [0, 0.1) is 13.8 Å². The van der Waals surface area contributed by atoms with Crippen molar-refractivity contribution in [1.82, 2.24) is 14.5 Å². The highest BCUT2D eigenvalue weighted by atomic mass is 32.2. The second-order valence-electron chi connectivity index (χ2n) is 8.33. The van der Waals surface area contributed by atoms with Gasteiger partial charge in [0.2, 0.25) is 15.9 Å². The van der Waals surface area contributed by atoms with E-state index >= 15 is 0 Å². The van der Waals surface area contributed by atoms with Gasteiger partial charge in [-0.05, 0) is 54.8 Å². The second-order valence-corrected chi connectivity index (χ2v) is 10.4. The van der Waals surface area contributed by atoms with Crippen molar-refractivity contribution in [2.75, 3.05) is 12.4 Å². The first-order valence-corrected chi connectivity index (χ1v) is 12.5. The summed E-state index contributed by atoms with van der Waals surface area (Å²) in [6.07, 6.45) is 0.456. The van der Waals surface area contributed by atoms with Crippen molar-refractivity contribution in [2.45, 2.75) is 31.7 Å². The molecule has 4 aromatic rings. The molecule has 3 aromatic carbocycles. The third kappa shape index (κ3) is 5.82. The number of amides is 1. The van der Waals surface area contributed by atoms with Crippen molar-refractivity contribution in [2.24, 2.45) is 0 Å². The monoisotopic (exact) mass is 490 g/mol. The lowest BCUT2D eigenvalue weighted by atomic mass is 10.0. The van der Waals surface area contributed by atoms with Crippen LogP contribution in [0.25, 0.3) is 0 Å². The predicted molar refractivity (Wildman–Crippen MR) is 133 cm³/mol. The lowest BCUT2D eigenvalue weighted by Crippen LogP contribution is -2.26. The van der Waals surface area contributed by atoms with E-state index < -0.39 is 15.9 Å². The lowest BCUT2D eigenvalue weighted by molar-refractivity contribution is 0.102. The highest BCUT2D eigenvalue weighted by Gasteiger charge is 2.21. The summed E-state index contributed by atoms with van der Waals surface area (Å²) in [5.41, 5.74) is 4.51. The minimum absolute atomic E-state index is 0.0194. The van der Waals surface area contributed by atoms with Crippen LogP contribution in [-0.2, 0) is 23.0 Å². The van der Waals surface area contributed by atoms with Crippen LogP contribution >= 0.6 is 0 Å². The Kier molecular flexibility index (Phi) is 7.09. The number of aryl methyl sites for hydroxylation is 2. The van der Waals surface area contributed by atoms with Crippen molar-refractivity contribution in [3.05, 3.63) is 107 Å². The van der Waals surface area contributed by atoms with Gasteiger partial charge in [-0.25, -0.2) is 8.42 Å². The summed E-state index contributed by atoms with van der Waals surface area (Å²) >= 11 is 0. The third-order valence-corrected chi connectivity index (χ3v) is 7.42. The van der Waals surface area contributed by atoms with Gasteiger partial charge in [0.1, 0.15) is 0 Å². The van der Waals surface area contributed by atoms with Gasteiger partial charge >= 0.3 is 6.01 Å². The molecule has 0 unspecified atom stereocenters. The summed E-state index contributed by atoms with van der Waals surface area (Å²) in [4.78, 5) is 12.7. The fourth-order valence-electron chi connectivity index (χ4n) is 3.64. The van der Waals surface area contributed by atoms with E-state index in [1.165, 1.54) is 41.2 Å². The molecule has 1 N–H and O–H groups in total. The number of anilines is 1. The van der Waals surface area contributed by atoms with Crippen LogP contribution in [0.2, 0.25) is 0 Å². The van der Waals surface area contributed by atoms with E-state index in [9.17, 15) is 13.2 Å². The van der Waals surface area contributed by atoms with Gasteiger partial charge in [0.05, 0.1) is 11.3 Å². The average Bonchev–Trinajstić information content (AvgIpc) is 3.28. The Labute approximate surface area is 204 Å². The first-order chi connectivity index (χ1) is 16.7. The Bertz CT molecular complexity index is 1430. The number of hydrogen-bond donors (Lipinski definition) is 1. The molecular formula is C26H26N4O4S. The van der Waals surface area contributed by atoms with Gasteiger partial charge in [-0.2, -0.15) is 4.31 Å². The average molecular weight is 491 g/mol. The molecule has 9 heteroatoms. The number of hydrogen-bond acceptors (Lipinski definition) is 6. The van der Waals surface area contributed by atoms with Gasteiger partial charge in [-0.1, -0.05) is 59.2 Å². The molecule has 0 fully saturated rings.